The van der Waals surface area contributed by atoms with Crippen LogP contribution in [0.4, 0.5) is 0 Å². The summed E-state index contributed by atoms with van der Waals surface area (Å²) in [5.74, 6) is 0. The summed E-state index contributed by atoms with van der Waals surface area (Å²) in [6.45, 7) is 2.13. The van der Waals surface area contributed by atoms with Crippen LogP contribution < -0.4 is 5.73 Å². The maximum Gasteiger partial charge on any atom is 0.102 e. The van der Waals surface area contributed by atoms with Gasteiger partial charge >= 0.3 is 0 Å². The molecule has 1 atom stereocenters. The average Bonchev–Trinajstić information content (AvgIpc) is 2.32. The van der Waals surface area contributed by atoms with Gasteiger partial charge in [0.2, 0.25) is 0 Å². The molecule has 0 radical (unpaired) electrons. The monoisotopic (exact) mass is 227 g/mol. The van der Waals surface area contributed by atoms with Crippen LogP contribution in [0, 0.1) is 6.92 Å². The molecule has 0 bridgehead atoms. The van der Waals surface area contributed by atoms with Gasteiger partial charge in [0.1, 0.15) is 6.10 Å². The fraction of sp³-hybridized carbons (Fsp3) is 0.429. The van der Waals surface area contributed by atoms with Gasteiger partial charge in [0.15, 0.2) is 0 Å². The second kappa shape index (κ2) is 5.04. The van der Waals surface area contributed by atoms with Crippen molar-refractivity contribution in [3.8, 4) is 0 Å². The predicted octanol–water partition coefficient (Wildman–Crippen LogP) is 2.12. The molecule has 0 aliphatic heterocycles. The van der Waals surface area contributed by atoms with E-state index < -0.39 is 6.10 Å². The largest absolute Gasteiger partial charge is 0.386 e. The Morgan fingerprint density at radius 1 is 1.75 bits per heavy atom. The summed E-state index contributed by atoms with van der Waals surface area (Å²) in [5, 5.41) is 11.9. The number of halogens is 2. The zero-order valence-corrected chi connectivity index (χ0v) is 8.97. The zero-order chi connectivity index (χ0) is 8.43. The molecule has 0 spiro atoms. The van der Waals surface area contributed by atoms with Crippen LogP contribution in [-0.4, -0.2) is 11.7 Å². The highest BCUT2D eigenvalue weighted by Crippen LogP contribution is 2.31. The van der Waals surface area contributed by atoms with Crippen LogP contribution in [0.3, 0.4) is 0 Å². The minimum Gasteiger partial charge on any atom is -0.386 e. The Bertz CT molecular complexity index is 252. The summed E-state index contributed by atoms with van der Waals surface area (Å²) in [6, 6.07) is 0. The van der Waals surface area contributed by atoms with Crippen molar-refractivity contribution >= 4 is 35.3 Å². The van der Waals surface area contributed by atoms with E-state index in [9.17, 15) is 5.11 Å². The van der Waals surface area contributed by atoms with E-state index in [0.717, 1.165) is 10.4 Å². The van der Waals surface area contributed by atoms with E-state index in [2.05, 4.69) is 0 Å². The lowest BCUT2D eigenvalue weighted by Gasteiger charge is -2.04. The Morgan fingerprint density at radius 3 is 2.67 bits per heavy atom. The highest BCUT2D eigenvalue weighted by molar-refractivity contribution is 7.10. The molecule has 1 aromatic rings. The van der Waals surface area contributed by atoms with Crippen molar-refractivity contribution in [2.24, 2.45) is 5.73 Å². The van der Waals surface area contributed by atoms with Gasteiger partial charge in [-0.3, -0.25) is 0 Å². The maximum atomic E-state index is 9.32. The van der Waals surface area contributed by atoms with Crippen molar-refractivity contribution in [1.29, 1.82) is 0 Å². The zero-order valence-electron chi connectivity index (χ0n) is 6.58. The molecule has 12 heavy (non-hydrogen) atoms. The highest BCUT2D eigenvalue weighted by Gasteiger charge is 2.13. The van der Waals surface area contributed by atoms with Crippen molar-refractivity contribution in [2.45, 2.75) is 13.0 Å². The molecule has 1 rings (SSSR count). The van der Waals surface area contributed by atoms with Crippen LogP contribution in [0.15, 0.2) is 5.38 Å². The Labute approximate surface area is 86.8 Å². The van der Waals surface area contributed by atoms with E-state index in [0.29, 0.717) is 5.02 Å². The summed E-state index contributed by atoms with van der Waals surface area (Å²) in [7, 11) is 0. The molecule has 2 nitrogen and oxygen atoms in total. The number of hydrogen-bond donors (Lipinski definition) is 2. The smallest absolute Gasteiger partial charge is 0.102 e. The molecule has 0 unspecified atom stereocenters. The van der Waals surface area contributed by atoms with Gasteiger partial charge in [0.05, 0.1) is 9.90 Å². The molecule has 1 aromatic heterocycles. The van der Waals surface area contributed by atoms with Crippen LogP contribution in [0.25, 0.3) is 0 Å². The standard InChI is InChI=1S/C7H10ClNOS.ClH/c1-4-3-11-7(6(4)8)5(10)2-9;/h3,5,10H,2,9H2,1H3;1H/t5-;/m0./s1. The predicted molar refractivity (Wildman–Crippen MR) is 55.3 cm³/mol. The lowest BCUT2D eigenvalue weighted by atomic mass is 10.2. The SMILES string of the molecule is Cc1csc([C@@H](O)CN)c1Cl.Cl. The van der Waals surface area contributed by atoms with Gasteiger partial charge in [-0.2, -0.15) is 0 Å². The molecule has 0 saturated carbocycles. The highest BCUT2D eigenvalue weighted by atomic mass is 35.5. The third-order valence-electron chi connectivity index (χ3n) is 1.45. The van der Waals surface area contributed by atoms with Gasteiger partial charge in [0, 0.05) is 6.54 Å². The molecule has 70 valence electrons. The summed E-state index contributed by atoms with van der Waals surface area (Å²) in [5.41, 5.74) is 6.28. The first-order chi connectivity index (χ1) is 5.16. The van der Waals surface area contributed by atoms with E-state index in [1.54, 1.807) is 0 Å². The second-order valence-corrected chi connectivity index (χ2v) is 3.64. The first-order valence-corrected chi connectivity index (χ1v) is 4.54. The van der Waals surface area contributed by atoms with Crippen LogP contribution in [-0.2, 0) is 0 Å². The van der Waals surface area contributed by atoms with Gasteiger partial charge in [0.25, 0.3) is 0 Å². The van der Waals surface area contributed by atoms with Gasteiger partial charge in [-0.1, -0.05) is 11.6 Å². The van der Waals surface area contributed by atoms with E-state index >= 15 is 0 Å². The van der Waals surface area contributed by atoms with Crippen LogP contribution in [0.5, 0.6) is 0 Å². The normalized spacial score (nSPS) is 12.3. The molecule has 1 heterocycles. The Balaban J connectivity index is 0.00000121. The van der Waals surface area contributed by atoms with Crippen molar-refractivity contribution < 1.29 is 5.11 Å². The van der Waals surface area contributed by atoms with Crippen molar-refractivity contribution in [3.63, 3.8) is 0 Å². The first kappa shape index (κ1) is 12.2. The molecule has 5 heteroatoms. The summed E-state index contributed by atoms with van der Waals surface area (Å²) >= 11 is 7.32. The van der Waals surface area contributed by atoms with Crippen molar-refractivity contribution in [3.05, 3.63) is 20.8 Å². The molecule has 0 aliphatic carbocycles. The average molecular weight is 228 g/mol. The van der Waals surface area contributed by atoms with E-state index in [4.69, 9.17) is 17.3 Å². The Morgan fingerprint density at radius 2 is 2.33 bits per heavy atom. The van der Waals surface area contributed by atoms with E-state index in [1.165, 1.54) is 11.3 Å². The van der Waals surface area contributed by atoms with Gasteiger partial charge in [-0.05, 0) is 17.9 Å². The van der Waals surface area contributed by atoms with Crippen LogP contribution in [0.1, 0.15) is 16.5 Å². The molecule has 0 aromatic carbocycles. The van der Waals surface area contributed by atoms with Crippen molar-refractivity contribution in [1.82, 2.24) is 0 Å². The minimum absolute atomic E-state index is 0. The second-order valence-electron chi connectivity index (χ2n) is 2.35. The van der Waals surface area contributed by atoms with Gasteiger partial charge in [-0.25, -0.2) is 0 Å². The summed E-state index contributed by atoms with van der Waals surface area (Å²) in [4.78, 5) is 0.770. The molecule has 0 fully saturated rings. The number of hydrogen-bond acceptors (Lipinski definition) is 3. The Hall–Kier alpha value is 0.200. The molecule has 0 aliphatic rings. The van der Waals surface area contributed by atoms with Crippen LogP contribution in [0.2, 0.25) is 5.02 Å². The summed E-state index contributed by atoms with van der Waals surface area (Å²) in [6.07, 6.45) is -0.610. The lowest BCUT2D eigenvalue weighted by molar-refractivity contribution is 0.190. The molecular weight excluding hydrogens is 217 g/mol. The lowest BCUT2D eigenvalue weighted by Crippen LogP contribution is -2.10. The third-order valence-corrected chi connectivity index (χ3v) is 3.27. The quantitative estimate of drug-likeness (QED) is 0.814. The molecular formula is C7H11Cl2NOS. The first-order valence-electron chi connectivity index (χ1n) is 3.28. The van der Waals surface area contributed by atoms with E-state index in [1.807, 2.05) is 12.3 Å². The summed E-state index contributed by atoms with van der Waals surface area (Å²) < 4.78 is 0. The fourth-order valence-electron chi connectivity index (χ4n) is 0.782. The topological polar surface area (TPSA) is 46.2 Å². The minimum atomic E-state index is -0.610. The number of nitrogens with two attached hydrogens (primary N) is 1. The Kier molecular flexibility index (Phi) is 5.13. The maximum absolute atomic E-state index is 9.32. The number of thiophene rings is 1. The molecule has 0 saturated heterocycles. The van der Waals surface area contributed by atoms with Gasteiger partial charge < -0.3 is 10.8 Å². The third kappa shape index (κ3) is 2.34. The number of aryl methyl sites for hydroxylation is 1. The number of rotatable bonds is 2. The molecule has 3 N–H and O–H groups in total. The van der Waals surface area contributed by atoms with Gasteiger partial charge in [-0.15, -0.1) is 23.7 Å². The fourth-order valence-corrected chi connectivity index (χ4v) is 2.10. The van der Waals surface area contributed by atoms with Crippen LogP contribution >= 0.6 is 35.3 Å². The van der Waals surface area contributed by atoms with E-state index in [-0.39, 0.29) is 19.0 Å². The molecule has 0 amide bonds. The number of aliphatic hydroxyl groups is 1. The number of aliphatic hydroxyl groups excluding tert-OH is 1. The van der Waals surface area contributed by atoms with Crippen molar-refractivity contribution in [2.75, 3.05) is 6.54 Å².